The summed E-state index contributed by atoms with van der Waals surface area (Å²) in [5.41, 5.74) is 3.83. The van der Waals surface area contributed by atoms with Crippen molar-refractivity contribution in [2.75, 3.05) is 18.0 Å². The van der Waals surface area contributed by atoms with E-state index in [1.54, 1.807) is 12.4 Å². The number of pyridine rings is 1. The minimum Gasteiger partial charge on any atom is -0.372 e. The number of hydrogen-bond acceptors (Lipinski definition) is 3. The molecule has 0 bridgehead atoms. The molecule has 0 saturated carbocycles. The van der Waals surface area contributed by atoms with Gasteiger partial charge < -0.3 is 10.2 Å². The third-order valence-corrected chi connectivity index (χ3v) is 4.71. The second kappa shape index (κ2) is 8.99. The quantitative estimate of drug-likeness (QED) is 0.678. The average molecular weight is 359 g/mol. The lowest BCUT2D eigenvalue weighted by atomic mass is 9.99. The van der Waals surface area contributed by atoms with Crippen molar-refractivity contribution in [1.29, 1.82) is 0 Å². The van der Waals surface area contributed by atoms with Crippen LogP contribution in [0.2, 0.25) is 0 Å². The molecule has 0 radical (unpaired) electrons. The maximum Gasteiger partial charge on any atom is 0.252 e. The number of nitrogens with one attached hydrogen (secondary N) is 1. The first-order valence-electron chi connectivity index (χ1n) is 9.33. The van der Waals surface area contributed by atoms with Crippen LogP contribution in [0.25, 0.3) is 0 Å². The van der Waals surface area contributed by atoms with Crippen LogP contribution in [0.5, 0.6) is 0 Å². The van der Waals surface area contributed by atoms with Crippen LogP contribution < -0.4 is 10.2 Å². The molecule has 1 heterocycles. The van der Waals surface area contributed by atoms with Crippen LogP contribution >= 0.6 is 0 Å². The van der Waals surface area contributed by atoms with E-state index in [-0.39, 0.29) is 11.9 Å². The normalized spacial score (nSPS) is 11.6. The van der Waals surface area contributed by atoms with E-state index < -0.39 is 0 Å². The first-order valence-corrected chi connectivity index (χ1v) is 9.33. The fourth-order valence-electron chi connectivity index (χ4n) is 3.19. The van der Waals surface area contributed by atoms with Gasteiger partial charge in [-0.2, -0.15) is 0 Å². The molecule has 27 heavy (non-hydrogen) atoms. The Balaban J connectivity index is 1.83. The molecule has 0 aliphatic carbocycles. The van der Waals surface area contributed by atoms with Crippen LogP contribution in [0.1, 0.15) is 41.4 Å². The van der Waals surface area contributed by atoms with Gasteiger partial charge in [0.15, 0.2) is 0 Å². The topological polar surface area (TPSA) is 45.2 Å². The zero-order chi connectivity index (χ0) is 19.1. The molecule has 138 valence electrons. The third kappa shape index (κ3) is 4.53. The molecule has 0 spiro atoms. The number of amides is 1. The third-order valence-electron chi connectivity index (χ3n) is 4.71. The van der Waals surface area contributed by atoms with E-state index in [1.165, 1.54) is 0 Å². The van der Waals surface area contributed by atoms with Crippen molar-refractivity contribution in [3.05, 3.63) is 95.8 Å². The number of carbonyl (C=O) groups excluding carboxylic acids is 1. The van der Waals surface area contributed by atoms with E-state index in [1.807, 2.05) is 66.7 Å². The summed E-state index contributed by atoms with van der Waals surface area (Å²) in [4.78, 5) is 19.2. The molecule has 0 fully saturated rings. The summed E-state index contributed by atoms with van der Waals surface area (Å²) in [6.07, 6.45) is 3.49. The molecule has 1 amide bonds. The van der Waals surface area contributed by atoms with Crippen molar-refractivity contribution in [3.63, 3.8) is 0 Å². The Kier molecular flexibility index (Phi) is 6.21. The molecule has 2 aromatic carbocycles. The zero-order valence-corrected chi connectivity index (χ0v) is 15.8. The Labute approximate surface area is 160 Å². The van der Waals surface area contributed by atoms with Crippen LogP contribution in [0, 0.1) is 0 Å². The summed E-state index contributed by atoms with van der Waals surface area (Å²) >= 11 is 0. The summed E-state index contributed by atoms with van der Waals surface area (Å²) in [5, 5.41) is 3.16. The van der Waals surface area contributed by atoms with E-state index in [9.17, 15) is 4.79 Å². The van der Waals surface area contributed by atoms with Crippen molar-refractivity contribution in [2.24, 2.45) is 0 Å². The number of carbonyl (C=O) groups is 1. The summed E-state index contributed by atoms with van der Waals surface area (Å²) in [5.74, 6) is -0.0910. The highest BCUT2D eigenvalue weighted by Crippen LogP contribution is 2.22. The minimum absolute atomic E-state index is 0.0910. The van der Waals surface area contributed by atoms with Gasteiger partial charge in [-0.15, -0.1) is 0 Å². The molecule has 3 rings (SSSR count). The Morgan fingerprint density at radius 2 is 1.48 bits per heavy atom. The van der Waals surface area contributed by atoms with Crippen LogP contribution in [0.15, 0.2) is 79.1 Å². The number of rotatable bonds is 7. The highest BCUT2D eigenvalue weighted by atomic mass is 16.1. The van der Waals surface area contributed by atoms with Crippen molar-refractivity contribution >= 4 is 11.6 Å². The molecular weight excluding hydrogens is 334 g/mol. The summed E-state index contributed by atoms with van der Waals surface area (Å²) < 4.78 is 0. The van der Waals surface area contributed by atoms with Crippen molar-refractivity contribution in [1.82, 2.24) is 10.3 Å². The molecule has 4 nitrogen and oxygen atoms in total. The number of aromatic nitrogens is 1. The number of nitrogens with zero attached hydrogens (tertiary/aromatic N) is 2. The second-order valence-corrected chi connectivity index (χ2v) is 6.32. The fraction of sp³-hybridized carbons (Fsp3) is 0.217. The van der Waals surface area contributed by atoms with E-state index in [4.69, 9.17) is 0 Å². The molecule has 0 aliphatic heterocycles. The Morgan fingerprint density at radius 3 is 2.07 bits per heavy atom. The predicted octanol–water partition coefficient (Wildman–Crippen LogP) is 4.45. The average Bonchev–Trinajstić information content (AvgIpc) is 2.74. The number of hydrogen-bond donors (Lipinski definition) is 1. The molecule has 4 heteroatoms. The van der Waals surface area contributed by atoms with Gasteiger partial charge in [0.1, 0.15) is 0 Å². The zero-order valence-electron chi connectivity index (χ0n) is 15.8. The van der Waals surface area contributed by atoms with E-state index in [0.29, 0.717) is 5.56 Å². The lowest BCUT2D eigenvalue weighted by Crippen LogP contribution is -2.29. The summed E-state index contributed by atoms with van der Waals surface area (Å²) in [6, 6.07) is 21.4. The first kappa shape index (κ1) is 18.6. The summed E-state index contributed by atoms with van der Waals surface area (Å²) in [6.45, 7) is 6.15. The predicted molar refractivity (Wildman–Crippen MR) is 110 cm³/mol. The summed E-state index contributed by atoms with van der Waals surface area (Å²) in [7, 11) is 0. The van der Waals surface area contributed by atoms with E-state index >= 15 is 0 Å². The molecule has 1 aromatic heterocycles. The number of benzene rings is 2. The fourth-order valence-corrected chi connectivity index (χ4v) is 3.19. The molecule has 1 unspecified atom stereocenters. The van der Waals surface area contributed by atoms with Gasteiger partial charge in [-0.25, -0.2) is 0 Å². The van der Waals surface area contributed by atoms with Gasteiger partial charge >= 0.3 is 0 Å². The molecule has 0 saturated heterocycles. The standard InChI is InChI=1S/C23H25N3O/c1-3-26(4-2)21-12-10-20(11-13-21)23(27)25-22(18-8-6-5-7-9-18)19-14-16-24-17-15-19/h5-17,22H,3-4H2,1-2H3,(H,25,27). The molecular formula is C23H25N3O. The van der Waals surface area contributed by atoms with Crippen molar-refractivity contribution < 1.29 is 4.79 Å². The first-order chi connectivity index (χ1) is 13.2. The van der Waals surface area contributed by atoms with E-state index in [2.05, 4.69) is 29.0 Å². The molecule has 1 atom stereocenters. The largest absolute Gasteiger partial charge is 0.372 e. The van der Waals surface area contributed by atoms with Crippen molar-refractivity contribution in [2.45, 2.75) is 19.9 Å². The van der Waals surface area contributed by atoms with Gasteiger partial charge in [0.05, 0.1) is 6.04 Å². The van der Waals surface area contributed by atoms with Crippen LogP contribution in [-0.4, -0.2) is 24.0 Å². The SMILES string of the molecule is CCN(CC)c1ccc(C(=O)NC(c2ccccc2)c2ccncc2)cc1. The van der Waals surface area contributed by atoms with Gasteiger partial charge in [0.2, 0.25) is 0 Å². The van der Waals surface area contributed by atoms with E-state index in [0.717, 1.165) is 29.9 Å². The Morgan fingerprint density at radius 1 is 0.889 bits per heavy atom. The maximum absolute atomic E-state index is 12.9. The Bertz CT molecular complexity index is 804. The Hall–Kier alpha value is -3.14. The maximum atomic E-state index is 12.9. The van der Waals surface area contributed by atoms with Crippen molar-refractivity contribution in [3.8, 4) is 0 Å². The monoisotopic (exact) mass is 359 g/mol. The molecule has 0 aliphatic rings. The van der Waals surface area contributed by atoms with Gasteiger partial charge in [0, 0.05) is 36.7 Å². The highest BCUT2D eigenvalue weighted by molar-refractivity contribution is 5.95. The van der Waals surface area contributed by atoms with Crippen LogP contribution in [-0.2, 0) is 0 Å². The number of anilines is 1. The lowest BCUT2D eigenvalue weighted by Gasteiger charge is -2.22. The van der Waals surface area contributed by atoms with Crippen LogP contribution in [0.3, 0.4) is 0 Å². The van der Waals surface area contributed by atoms with Gasteiger partial charge in [-0.1, -0.05) is 30.3 Å². The molecule has 1 N–H and O–H groups in total. The van der Waals surface area contributed by atoms with Crippen LogP contribution in [0.4, 0.5) is 5.69 Å². The van der Waals surface area contributed by atoms with Gasteiger partial charge in [0.25, 0.3) is 5.91 Å². The lowest BCUT2D eigenvalue weighted by molar-refractivity contribution is 0.0943. The van der Waals surface area contributed by atoms with Gasteiger partial charge in [-0.3, -0.25) is 9.78 Å². The smallest absolute Gasteiger partial charge is 0.252 e. The van der Waals surface area contributed by atoms with Gasteiger partial charge in [-0.05, 0) is 61.4 Å². The highest BCUT2D eigenvalue weighted by Gasteiger charge is 2.17. The molecule has 3 aromatic rings. The second-order valence-electron chi connectivity index (χ2n) is 6.32. The minimum atomic E-state index is -0.218.